The van der Waals surface area contributed by atoms with Crippen molar-refractivity contribution >= 4 is 28.8 Å². The molecule has 1 aromatic carbocycles. The first-order valence-electron chi connectivity index (χ1n) is 10.1. The summed E-state index contributed by atoms with van der Waals surface area (Å²) >= 11 is 1.30. The molecule has 0 saturated carbocycles. The molecule has 2 fully saturated rings. The number of hydrogen-bond acceptors (Lipinski definition) is 5. The number of thiophene rings is 1. The summed E-state index contributed by atoms with van der Waals surface area (Å²) in [5, 5.41) is 10.8. The standard InChI is InChI=1S/C22H21F3N4O2S/c23-22(24,25)16-10-15(4-3-14(16)12-26)28-7-5-21(6-8-28)11-17(19(27)30)29(13-21)20(31)18-2-1-9-32-18/h1-4,9-10,17H,5-8,11,13H2,(H2,27,30). The van der Waals surface area contributed by atoms with E-state index in [4.69, 9.17) is 11.0 Å². The van der Waals surface area contributed by atoms with E-state index in [1.165, 1.54) is 23.5 Å². The van der Waals surface area contributed by atoms with E-state index in [9.17, 15) is 22.8 Å². The van der Waals surface area contributed by atoms with Gasteiger partial charge in [-0.3, -0.25) is 9.59 Å². The molecular formula is C22H21F3N4O2S. The molecule has 32 heavy (non-hydrogen) atoms. The Labute approximate surface area is 187 Å². The van der Waals surface area contributed by atoms with Gasteiger partial charge in [0, 0.05) is 25.3 Å². The van der Waals surface area contributed by atoms with Gasteiger partial charge in [-0.25, -0.2) is 0 Å². The lowest BCUT2D eigenvalue weighted by molar-refractivity contribution is -0.137. The van der Waals surface area contributed by atoms with Crippen LogP contribution in [-0.4, -0.2) is 42.4 Å². The van der Waals surface area contributed by atoms with Crippen LogP contribution in [-0.2, 0) is 11.0 Å². The average Bonchev–Trinajstić information content (AvgIpc) is 3.42. The molecule has 1 unspecified atom stereocenters. The van der Waals surface area contributed by atoms with Crippen molar-refractivity contribution in [2.75, 3.05) is 24.5 Å². The maximum Gasteiger partial charge on any atom is 0.417 e. The number of benzene rings is 1. The number of carbonyl (C=O) groups excluding carboxylic acids is 2. The monoisotopic (exact) mass is 462 g/mol. The smallest absolute Gasteiger partial charge is 0.371 e. The summed E-state index contributed by atoms with van der Waals surface area (Å²) < 4.78 is 40.0. The highest BCUT2D eigenvalue weighted by molar-refractivity contribution is 7.12. The fraction of sp³-hybridized carbons (Fsp3) is 0.409. The predicted octanol–water partition coefficient (Wildman–Crippen LogP) is 3.63. The Balaban J connectivity index is 1.51. The summed E-state index contributed by atoms with van der Waals surface area (Å²) in [6, 6.07) is 8.13. The molecule has 10 heteroatoms. The van der Waals surface area contributed by atoms with Crippen LogP contribution in [0.25, 0.3) is 0 Å². The number of rotatable bonds is 3. The minimum Gasteiger partial charge on any atom is -0.371 e. The van der Waals surface area contributed by atoms with Gasteiger partial charge >= 0.3 is 6.18 Å². The summed E-state index contributed by atoms with van der Waals surface area (Å²) in [5.41, 5.74) is 4.35. The SMILES string of the molecule is N#Cc1ccc(N2CCC3(CC2)CC(C(N)=O)N(C(=O)c2cccs2)C3)cc1C(F)(F)F. The van der Waals surface area contributed by atoms with Crippen molar-refractivity contribution in [1.82, 2.24) is 4.90 Å². The van der Waals surface area contributed by atoms with Crippen LogP contribution in [0.5, 0.6) is 0 Å². The van der Waals surface area contributed by atoms with Gasteiger partial charge in [-0.15, -0.1) is 11.3 Å². The molecule has 2 N–H and O–H groups in total. The summed E-state index contributed by atoms with van der Waals surface area (Å²) in [6.45, 7) is 1.36. The van der Waals surface area contributed by atoms with Crippen LogP contribution >= 0.6 is 11.3 Å². The third kappa shape index (κ3) is 4.05. The van der Waals surface area contributed by atoms with Crippen molar-refractivity contribution in [2.45, 2.75) is 31.5 Å². The topological polar surface area (TPSA) is 90.4 Å². The maximum atomic E-state index is 13.3. The lowest BCUT2D eigenvalue weighted by atomic mass is 9.76. The lowest BCUT2D eigenvalue weighted by Gasteiger charge is -2.40. The van der Waals surface area contributed by atoms with Crippen LogP contribution in [0.2, 0.25) is 0 Å². The molecule has 2 aliphatic rings. The van der Waals surface area contributed by atoms with E-state index in [1.54, 1.807) is 28.5 Å². The highest BCUT2D eigenvalue weighted by atomic mass is 32.1. The molecule has 1 atom stereocenters. The van der Waals surface area contributed by atoms with Crippen LogP contribution in [0.4, 0.5) is 18.9 Å². The highest BCUT2D eigenvalue weighted by Gasteiger charge is 2.49. The summed E-state index contributed by atoms with van der Waals surface area (Å²) in [5.74, 6) is -0.763. The van der Waals surface area contributed by atoms with Gasteiger partial charge in [-0.2, -0.15) is 18.4 Å². The van der Waals surface area contributed by atoms with Crippen molar-refractivity contribution in [2.24, 2.45) is 11.1 Å². The minimum atomic E-state index is -4.61. The Kier molecular flexibility index (Phi) is 5.63. The van der Waals surface area contributed by atoms with Gasteiger partial charge in [-0.1, -0.05) is 6.07 Å². The number of amides is 2. The van der Waals surface area contributed by atoms with E-state index in [0.29, 0.717) is 49.5 Å². The normalized spacial score (nSPS) is 20.4. The van der Waals surface area contributed by atoms with Gasteiger partial charge in [0.2, 0.25) is 5.91 Å². The Hall–Kier alpha value is -3.06. The van der Waals surface area contributed by atoms with Gasteiger partial charge in [-0.05, 0) is 54.3 Å². The van der Waals surface area contributed by atoms with E-state index in [1.807, 2.05) is 4.90 Å². The molecule has 2 amide bonds. The van der Waals surface area contributed by atoms with Gasteiger partial charge in [0.05, 0.1) is 22.1 Å². The number of piperidine rings is 1. The molecule has 2 saturated heterocycles. The van der Waals surface area contributed by atoms with Crippen molar-refractivity contribution in [3.05, 3.63) is 51.7 Å². The van der Waals surface area contributed by atoms with Gasteiger partial charge < -0.3 is 15.5 Å². The van der Waals surface area contributed by atoms with E-state index < -0.39 is 29.3 Å². The molecule has 3 heterocycles. The molecule has 6 nitrogen and oxygen atoms in total. The molecular weight excluding hydrogens is 441 g/mol. The number of carbonyl (C=O) groups is 2. The van der Waals surface area contributed by atoms with Gasteiger partial charge in [0.15, 0.2) is 0 Å². The molecule has 0 radical (unpaired) electrons. The fourth-order valence-electron chi connectivity index (χ4n) is 4.73. The molecule has 168 valence electrons. The quantitative estimate of drug-likeness (QED) is 0.754. The van der Waals surface area contributed by atoms with Crippen LogP contribution in [0.15, 0.2) is 35.7 Å². The van der Waals surface area contributed by atoms with Crippen molar-refractivity contribution in [1.29, 1.82) is 5.26 Å². The Morgan fingerprint density at radius 1 is 1.22 bits per heavy atom. The molecule has 2 aliphatic heterocycles. The lowest BCUT2D eigenvalue weighted by Crippen LogP contribution is -2.44. The second kappa shape index (κ2) is 8.13. The molecule has 4 rings (SSSR count). The molecule has 1 aromatic heterocycles. The van der Waals surface area contributed by atoms with Crippen molar-refractivity contribution in [3.8, 4) is 6.07 Å². The maximum absolute atomic E-state index is 13.3. The summed E-state index contributed by atoms with van der Waals surface area (Å²) in [7, 11) is 0. The minimum absolute atomic E-state index is 0.218. The van der Waals surface area contributed by atoms with Crippen LogP contribution in [0.3, 0.4) is 0 Å². The van der Waals surface area contributed by atoms with Crippen molar-refractivity contribution < 1.29 is 22.8 Å². The van der Waals surface area contributed by atoms with E-state index >= 15 is 0 Å². The number of halogens is 3. The van der Waals surface area contributed by atoms with E-state index in [0.717, 1.165) is 6.07 Å². The number of nitrogens with two attached hydrogens (primary N) is 1. The Morgan fingerprint density at radius 3 is 2.50 bits per heavy atom. The second-order valence-electron chi connectivity index (χ2n) is 8.36. The van der Waals surface area contributed by atoms with E-state index in [2.05, 4.69) is 0 Å². The predicted molar refractivity (Wildman–Crippen MR) is 113 cm³/mol. The molecule has 0 bridgehead atoms. The second-order valence-corrected chi connectivity index (χ2v) is 9.31. The number of hydrogen-bond donors (Lipinski definition) is 1. The first-order valence-corrected chi connectivity index (χ1v) is 11.0. The molecule has 2 aromatic rings. The third-order valence-electron chi connectivity index (χ3n) is 6.45. The first kappa shape index (κ1) is 22.1. The summed E-state index contributed by atoms with van der Waals surface area (Å²) in [4.78, 5) is 28.9. The Morgan fingerprint density at radius 2 is 1.94 bits per heavy atom. The zero-order valence-electron chi connectivity index (χ0n) is 17.1. The largest absolute Gasteiger partial charge is 0.417 e. The fourth-order valence-corrected chi connectivity index (χ4v) is 5.41. The van der Waals surface area contributed by atoms with E-state index in [-0.39, 0.29) is 11.3 Å². The van der Waals surface area contributed by atoms with Crippen LogP contribution < -0.4 is 10.6 Å². The number of nitrogens with zero attached hydrogens (tertiary/aromatic N) is 3. The number of alkyl halides is 3. The number of likely N-dealkylation sites (tertiary alicyclic amines) is 1. The highest BCUT2D eigenvalue weighted by Crippen LogP contribution is 2.45. The Bertz CT molecular complexity index is 1070. The third-order valence-corrected chi connectivity index (χ3v) is 7.31. The number of primary amides is 1. The average molecular weight is 462 g/mol. The zero-order valence-corrected chi connectivity index (χ0v) is 17.9. The van der Waals surface area contributed by atoms with Crippen LogP contribution in [0.1, 0.15) is 40.1 Å². The number of anilines is 1. The van der Waals surface area contributed by atoms with Gasteiger partial charge in [0.25, 0.3) is 5.91 Å². The van der Waals surface area contributed by atoms with Crippen LogP contribution in [0, 0.1) is 16.7 Å². The number of nitriles is 1. The van der Waals surface area contributed by atoms with Crippen molar-refractivity contribution in [3.63, 3.8) is 0 Å². The van der Waals surface area contributed by atoms with Gasteiger partial charge in [0.1, 0.15) is 6.04 Å². The first-order chi connectivity index (χ1) is 15.1. The summed E-state index contributed by atoms with van der Waals surface area (Å²) in [6.07, 6.45) is -2.92. The molecule has 1 spiro atoms. The molecule has 0 aliphatic carbocycles. The zero-order chi connectivity index (χ0) is 23.1.